The smallest absolute Gasteiger partial charge is 0.317 e. The molecule has 23 heavy (non-hydrogen) atoms. The number of hydrogen-bond acceptors (Lipinski definition) is 2. The van der Waals surface area contributed by atoms with Crippen LogP contribution in [-0.4, -0.2) is 54.6 Å². The summed E-state index contributed by atoms with van der Waals surface area (Å²) < 4.78 is 0. The maximum absolute atomic E-state index is 12.4. The second-order valence-corrected chi connectivity index (χ2v) is 7.12. The minimum Gasteiger partial charge on any atom is -0.338 e. The van der Waals surface area contributed by atoms with Crippen molar-refractivity contribution in [2.24, 2.45) is 0 Å². The van der Waals surface area contributed by atoms with Crippen LogP contribution in [0, 0.1) is 0 Å². The fourth-order valence-electron chi connectivity index (χ4n) is 3.95. The Morgan fingerprint density at radius 3 is 2.74 bits per heavy atom. The van der Waals surface area contributed by atoms with Crippen molar-refractivity contribution in [3.05, 3.63) is 35.9 Å². The Balaban J connectivity index is 1.44. The summed E-state index contributed by atoms with van der Waals surface area (Å²) in [5.74, 6) is 0.475. The minimum absolute atomic E-state index is 0.117. The topological polar surface area (TPSA) is 35.6 Å². The lowest BCUT2D eigenvalue weighted by Crippen LogP contribution is -2.45. The molecule has 2 heterocycles. The van der Waals surface area contributed by atoms with Crippen molar-refractivity contribution >= 4 is 6.03 Å². The average molecular weight is 315 g/mol. The molecule has 3 atom stereocenters. The summed E-state index contributed by atoms with van der Waals surface area (Å²) in [4.78, 5) is 16.9. The third-order valence-corrected chi connectivity index (χ3v) is 5.66. The molecule has 0 aromatic heterocycles. The molecule has 3 rings (SSSR count). The molecular formula is C19H29N3O. The molecule has 0 aliphatic carbocycles. The van der Waals surface area contributed by atoms with E-state index in [0.717, 1.165) is 32.5 Å². The number of nitrogens with zero attached hydrogens (tertiary/aromatic N) is 2. The van der Waals surface area contributed by atoms with Gasteiger partial charge in [0.2, 0.25) is 0 Å². The number of urea groups is 1. The third kappa shape index (κ3) is 3.86. The number of carbonyl (C=O) groups excluding carboxylic acids is 1. The normalized spacial score (nSPS) is 25.9. The largest absolute Gasteiger partial charge is 0.338 e. The highest BCUT2D eigenvalue weighted by Crippen LogP contribution is 2.28. The second-order valence-electron chi connectivity index (χ2n) is 7.12. The predicted molar refractivity (Wildman–Crippen MR) is 93.6 cm³/mol. The highest BCUT2D eigenvalue weighted by molar-refractivity contribution is 5.74. The number of benzene rings is 1. The van der Waals surface area contributed by atoms with E-state index in [0.29, 0.717) is 18.0 Å². The number of fused-ring (bicyclic) bond motifs is 2. The zero-order chi connectivity index (χ0) is 16.2. The van der Waals surface area contributed by atoms with Gasteiger partial charge in [0.25, 0.3) is 0 Å². The molecule has 2 amide bonds. The van der Waals surface area contributed by atoms with Gasteiger partial charge in [-0.15, -0.1) is 0 Å². The SMILES string of the molecule is CC(CCNC(=O)N1CCC2CCC(C1)N2C)c1ccccc1. The van der Waals surface area contributed by atoms with Crippen molar-refractivity contribution < 1.29 is 4.79 Å². The van der Waals surface area contributed by atoms with Gasteiger partial charge in [-0.25, -0.2) is 4.79 Å². The molecule has 126 valence electrons. The van der Waals surface area contributed by atoms with Gasteiger partial charge in [-0.2, -0.15) is 0 Å². The third-order valence-electron chi connectivity index (χ3n) is 5.66. The molecule has 2 saturated heterocycles. The summed E-state index contributed by atoms with van der Waals surface area (Å²) in [6.45, 7) is 4.75. The fraction of sp³-hybridized carbons (Fsp3) is 0.632. The molecule has 1 aromatic rings. The van der Waals surface area contributed by atoms with Gasteiger partial charge < -0.3 is 10.2 Å². The van der Waals surface area contributed by atoms with Crippen molar-refractivity contribution in [2.45, 2.75) is 50.6 Å². The van der Waals surface area contributed by atoms with Crippen LogP contribution in [0.4, 0.5) is 4.79 Å². The predicted octanol–water partition coefficient (Wildman–Crippen LogP) is 3.06. The lowest BCUT2D eigenvalue weighted by atomic mass is 9.98. The molecule has 4 heteroatoms. The van der Waals surface area contributed by atoms with Gasteiger partial charge in [0, 0.05) is 31.7 Å². The number of carbonyl (C=O) groups is 1. The van der Waals surface area contributed by atoms with Crippen LogP contribution >= 0.6 is 0 Å². The molecule has 2 fully saturated rings. The number of nitrogens with one attached hydrogen (secondary N) is 1. The first-order chi connectivity index (χ1) is 11.1. The lowest BCUT2D eigenvalue weighted by molar-refractivity contribution is 0.188. The molecular weight excluding hydrogens is 286 g/mol. The summed E-state index contributed by atoms with van der Waals surface area (Å²) in [5.41, 5.74) is 1.34. The number of likely N-dealkylation sites (N-methyl/N-ethyl adjacent to an activating group) is 1. The minimum atomic E-state index is 0.117. The summed E-state index contributed by atoms with van der Waals surface area (Å²) in [5, 5.41) is 3.12. The van der Waals surface area contributed by atoms with Crippen LogP contribution < -0.4 is 5.32 Å². The molecule has 2 aliphatic heterocycles. The van der Waals surface area contributed by atoms with E-state index in [2.05, 4.69) is 48.5 Å². The van der Waals surface area contributed by atoms with Gasteiger partial charge >= 0.3 is 6.03 Å². The summed E-state index contributed by atoms with van der Waals surface area (Å²) in [7, 11) is 2.21. The van der Waals surface area contributed by atoms with Crippen LogP contribution in [0.15, 0.2) is 30.3 Å². The number of rotatable bonds is 4. The van der Waals surface area contributed by atoms with Crippen molar-refractivity contribution in [3.8, 4) is 0 Å². The van der Waals surface area contributed by atoms with Crippen LogP contribution in [0.5, 0.6) is 0 Å². The van der Waals surface area contributed by atoms with E-state index in [9.17, 15) is 4.79 Å². The Bertz CT molecular complexity index is 519. The number of hydrogen-bond donors (Lipinski definition) is 1. The molecule has 1 N–H and O–H groups in total. The fourth-order valence-corrected chi connectivity index (χ4v) is 3.95. The second kappa shape index (κ2) is 7.35. The van der Waals surface area contributed by atoms with E-state index in [1.807, 2.05) is 11.0 Å². The van der Waals surface area contributed by atoms with Gasteiger partial charge in [0.15, 0.2) is 0 Å². The van der Waals surface area contributed by atoms with Crippen LogP contribution in [0.25, 0.3) is 0 Å². The molecule has 1 aromatic carbocycles. The molecule has 2 aliphatic rings. The first-order valence-corrected chi connectivity index (χ1v) is 8.95. The molecule has 0 saturated carbocycles. The average Bonchev–Trinajstić information content (AvgIpc) is 2.80. The van der Waals surface area contributed by atoms with Gasteiger partial charge in [-0.3, -0.25) is 4.90 Å². The lowest BCUT2D eigenvalue weighted by Gasteiger charge is -2.26. The summed E-state index contributed by atoms with van der Waals surface area (Å²) in [6, 6.07) is 11.9. The van der Waals surface area contributed by atoms with Crippen LogP contribution in [-0.2, 0) is 0 Å². The Kier molecular flexibility index (Phi) is 5.21. The first-order valence-electron chi connectivity index (χ1n) is 8.95. The molecule has 0 radical (unpaired) electrons. The maximum atomic E-state index is 12.4. The summed E-state index contributed by atoms with van der Waals surface area (Å²) in [6.07, 6.45) is 4.62. The molecule has 2 bridgehead atoms. The Morgan fingerprint density at radius 2 is 1.96 bits per heavy atom. The Hall–Kier alpha value is -1.55. The van der Waals surface area contributed by atoms with Gasteiger partial charge in [0.1, 0.15) is 0 Å². The van der Waals surface area contributed by atoms with E-state index >= 15 is 0 Å². The van der Waals surface area contributed by atoms with Gasteiger partial charge in [-0.05, 0) is 44.2 Å². The highest BCUT2D eigenvalue weighted by atomic mass is 16.2. The monoisotopic (exact) mass is 315 g/mol. The molecule has 3 unspecified atom stereocenters. The van der Waals surface area contributed by atoms with Crippen LogP contribution in [0.2, 0.25) is 0 Å². The molecule has 0 spiro atoms. The van der Waals surface area contributed by atoms with Crippen molar-refractivity contribution in [1.82, 2.24) is 15.1 Å². The summed E-state index contributed by atoms with van der Waals surface area (Å²) >= 11 is 0. The van der Waals surface area contributed by atoms with E-state index in [4.69, 9.17) is 0 Å². The van der Waals surface area contributed by atoms with E-state index in [-0.39, 0.29) is 6.03 Å². The van der Waals surface area contributed by atoms with E-state index in [1.54, 1.807) is 0 Å². The molecule has 4 nitrogen and oxygen atoms in total. The van der Waals surface area contributed by atoms with Crippen LogP contribution in [0.3, 0.4) is 0 Å². The maximum Gasteiger partial charge on any atom is 0.317 e. The quantitative estimate of drug-likeness (QED) is 0.927. The van der Waals surface area contributed by atoms with Crippen molar-refractivity contribution in [3.63, 3.8) is 0 Å². The number of amides is 2. The first kappa shape index (κ1) is 16.3. The van der Waals surface area contributed by atoms with Crippen molar-refractivity contribution in [1.29, 1.82) is 0 Å². The van der Waals surface area contributed by atoms with E-state index in [1.165, 1.54) is 18.4 Å². The van der Waals surface area contributed by atoms with Crippen molar-refractivity contribution in [2.75, 3.05) is 26.7 Å². The Morgan fingerprint density at radius 1 is 1.22 bits per heavy atom. The Labute approximate surface area is 139 Å². The number of likely N-dealkylation sites (tertiary alicyclic amines) is 1. The van der Waals surface area contributed by atoms with Crippen LogP contribution in [0.1, 0.15) is 44.1 Å². The zero-order valence-corrected chi connectivity index (χ0v) is 14.4. The highest BCUT2D eigenvalue weighted by Gasteiger charge is 2.35. The standard InChI is InChI=1S/C19H29N3O/c1-15(16-6-4-3-5-7-16)10-12-20-19(23)22-13-11-17-8-9-18(14-22)21(17)2/h3-7,15,17-18H,8-14H2,1-2H3,(H,20,23). The van der Waals surface area contributed by atoms with Gasteiger partial charge in [0.05, 0.1) is 0 Å². The van der Waals surface area contributed by atoms with E-state index < -0.39 is 0 Å². The zero-order valence-electron chi connectivity index (χ0n) is 14.4. The van der Waals surface area contributed by atoms with Gasteiger partial charge in [-0.1, -0.05) is 37.3 Å².